The molecule has 332 valence electrons. The number of para-hydroxylation sites is 2. The molecule has 0 amide bonds. The van der Waals surface area contributed by atoms with Gasteiger partial charge in [-0.2, -0.15) is 0 Å². The molecule has 3 nitrogen and oxygen atoms in total. The Morgan fingerprint density at radius 1 is 0.493 bits per heavy atom. The van der Waals surface area contributed by atoms with Gasteiger partial charge in [0.25, 0.3) is 0 Å². The van der Waals surface area contributed by atoms with E-state index in [-0.39, 0.29) is 10.8 Å². The Kier molecular flexibility index (Phi) is 10.5. The molecule has 2 bridgehead atoms. The van der Waals surface area contributed by atoms with Gasteiger partial charge in [-0.05, 0) is 149 Å². The first-order valence-electron chi connectivity index (χ1n) is 25.1. The minimum Gasteiger partial charge on any atom is -0.310 e. The Morgan fingerprint density at radius 3 is 1.64 bits per heavy atom. The number of benzene rings is 7. The Balaban J connectivity index is 0.887. The van der Waals surface area contributed by atoms with Crippen LogP contribution in [0.5, 0.6) is 0 Å². The molecule has 4 aliphatic carbocycles. The van der Waals surface area contributed by atoms with Gasteiger partial charge in [0, 0.05) is 63.7 Å². The third kappa shape index (κ3) is 7.30. The molecule has 3 saturated carbocycles. The van der Waals surface area contributed by atoms with E-state index < -0.39 is 0 Å². The molecule has 3 heteroatoms. The maximum absolute atomic E-state index is 2.50. The van der Waals surface area contributed by atoms with Gasteiger partial charge in [-0.1, -0.05) is 149 Å². The second-order valence-electron chi connectivity index (χ2n) is 20.9. The van der Waals surface area contributed by atoms with Gasteiger partial charge in [-0.3, -0.25) is 0 Å². The maximum Gasteiger partial charge on any atom is 0.171 e. The molecular formula is C64H62N3+. The predicted molar refractivity (Wildman–Crippen MR) is 278 cm³/mol. The lowest BCUT2D eigenvalue weighted by molar-refractivity contribution is -0.729. The Morgan fingerprint density at radius 2 is 1.06 bits per heavy atom. The number of hydrogen-bond donors (Lipinski definition) is 0. The number of nitrogens with zero attached hydrogens (tertiary/aromatic N) is 3. The van der Waals surface area contributed by atoms with Gasteiger partial charge in [-0.25, -0.2) is 4.57 Å². The maximum atomic E-state index is 2.50. The van der Waals surface area contributed by atoms with E-state index in [1.54, 1.807) is 0 Å². The van der Waals surface area contributed by atoms with Crippen molar-refractivity contribution in [1.29, 1.82) is 0 Å². The lowest BCUT2D eigenvalue weighted by Gasteiger charge is -2.42. The van der Waals surface area contributed by atoms with E-state index in [4.69, 9.17) is 0 Å². The third-order valence-electron chi connectivity index (χ3n) is 16.6. The monoisotopic (exact) mass is 872 g/mol. The SMILES string of the molecule is CC1CCCC(c2ccc(N(c3ccccc3)c3cc[n+](C4CC5CCC4C5)cc3)cc2)(c2ccc(N(c3ccccc3)c3ccc4c(c3)C(C)(C)c3cccc(-c5ccccc5)c3-4)cc2)C1. The summed E-state index contributed by atoms with van der Waals surface area (Å²) in [6.45, 7) is 7.24. The van der Waals surface area contributed by atoms with Crippen LogP contribution in [0.4, 0.5) is 34.1 Å². The van der Waals surface area contributed by atoms with Crippen LogP contribution in [0.15, 0.2) is 200 Å². The summed E-state index contributed by atoms with van der Waals surface area (Å²) in [5.41, 5.74) is 17.7. The van der Waals surface area contributed by atoms with Gasteiger partial charge in [0.2, 0.25) is 0 Å². The zero-order valence-corrected chi connectivity index (χ0v) is 39.4. The molecule has 5 unspecified atom stereocenters. The van der Waals surface area contributed by atoms with Crippen molar-refractivity contribution in [3.05, 3.63) is 223 Å². The number of rotatable bonds is 10. The van der Waals surface area contributed by atoms with E-state index in [0.29, 0.717) is 12.0 Å². The molecule has 1 aromatic heterocycles. The highest BCUT2D eigenvalue weighted by molar-refractivity contribution is 5.94. The fourth-order valence-electron chi connectivity index (χ4n) is 13.3. The fraction of sp³-hybridized carbons (Fsp3) is 0.266. The Bertz CT molecular complexity index is 3010. The van der Waals surface area contributed by atoms with Crippen LogP contribution >= 0.6 is 0 Å². The van der Waals surface area contributed by atoms with Gasteiger partial charge >= 0.3 is 0 Å². The largest absolute Gasteiger partial charge is 0.310 e. The first kappa shape index (κ1) is 41.7. The van der Waals surface area contributed by atoms with E-state index in [1.807, 2.05) is 0 Å². The fourth-order valence-corrected chi connectivity index (χ4v) is 13.3. The molecule has 7 aromatic carbocycles. The van der Waals surface area contributed by atoms with Crippen LogP contribution in [0, 0.1) is 17.8 Å². The average molecular weight is 873 g/mol. The summed E-state index contributed by atoms with van der Waals surface area (Å²) in [6, 6.07) is 71.3. The summed E-state index contributed by atoms with van der Waals surface area (Å²) >= 11 is 0. The predicted octanol–water partition coefficient (Wildman–Crippen LogP) is 16.7. The van der Waals surface area contributed by atoms with E-state index in [2.05, 4.69) is 236 Å². The molecule has 0 spiro atoms. The standard InChI is InChI=1S/C64H62N3/c1-45-15-14-38-64(44-45,49-26-30-53(31-27-49)66(51-18-9-5-10-19-51)55-36-39-65(40-37-55)61-42-46-24-25-48(61)41-46)50-28-32-54(33-29-50)67(52-20-11-6-12-21-52)56-34-35-58-60(43-56)63(2,3)59-23-13-22-57(62(58)59)47-16-7-4-8-17-47/h4-13,16-23,26-37,39-40,43,45-46,48,61H,14-15,24-25,38,41-42,44H2,1-3H3/q+1. The molecule has 5 atom stereocenters. The van der Waals surface area contributed by atoms with Gasteiger partial charge in [0.1, 0.15) is 0 Å². The van der Waals surface area contributed by atoms with Gasteiger partial charge in [-0.15, -0.1) is 0 Å². The minimum absolute atomic E-state index is 0.0668. The highest BCUT2D eigenvalue weighted by Crippen LogP contribution is 2.54. The molecule has 67 heavy (non-hydrogen) atoms. The summed E-state index contributed by atoms with van der Waals surface area (Å²) in [4.78, 5) is 4.88. The van der Waals surface area contributed by atoms with Crippen LogP contribution in [-0.4, -0.2) is 0 Å². The van der Waals surface area contributed by atoms with E-state index >= 15 is 0 Å². The van der Waals surface area contributed by atoms with Crippen molar-refractivity contribution in [2.24, 2.45) is 17.8 Å². The lowest BCUT2D eigenvalue weighted by atomic mass is 9.62. The van der Waals surface area contributed by atoms with Crippen LogP contribution in [0.25, 0.3) is 22.3 Å². The normalized spacial score (nSPS) is 22.3. The summed E-state index contributed by atoms with van der Waals surface area (Å²) in [7, 11) is 0. The van der Waals surface area contributed by atoms with Crippen LogP contribution in [-0.2, 0) is 10.8 Å². The minimum atomic E-state index is -0.145. The molecule has 4 aliphatic rings. The smallest absolute Gasteiger partial charge is 0.171 e. The van der Waals surface area contributed by atoms with Crippen LogP contribution in [0.3, 0.4) is 0 Å². The van der Waals surface area contributed by atoms with Crippen molar-refractivity contribution in [2.45, 2.75) is 89.0 Å². The van der Waals surface area contributed by atoms with Crippen molar-refractivity contribution in [3.63, 3.8) is 0 Å². The van der Waals surface area contributed by atoms with Gasteiger partial charge in [0.15, 0.2) is 18.4 Å². The van der Waals surface area contributed by atoms with E-state index in [0.717, 1.165) is 30.4 Å². The molecule has 12 rings (SSSR count). The second kappa shape index (κ2) is 16.9. The summed E-state index contributed by atoms with van der Waals surface area (Å²) < 4.78 is 2.50. The molecule has 3 fully saturated rings. The molecule has 8 aromatic rings. The number of fused-ring (bicyclic) bond motifs is 5. The Labute approximate surface area is 398 Å². The summed E-state index contributed by atoms with van der Waals surface area (Å²) in [5.74, 6) is 2.41. The second-order valence-corrected chi connectivity index (χ2v) is 20.9. The highest BCUT2D eigenvalue weighted by Gasteiger charge is 2.45. The quantitative estimate of drug-likeness (QED) is 0.127. The first-order chi connectivity index (χ1) is 32.8. The number of hydrogen-bond acceptors (Lipinski definition) is 2. The average Bonchev–Trinajstić information content (AvgIpc) is 4.08. The number of pyridine rings is 1. The first-order valence-corrected chi connectivity index (χ1v) is 25.1. The Hall–Kier alpha value is -6.71. The van der Waals surface area contributed by atoms with Crippen molar-refractivity contribution >= 4 is 34.1 Å². The summed E-state index contributed by atoms with van der Waals surface area (Å²) in [6.07, 6.45) is 15.1. The van der Waals surface area contributed by atoms with Crippen molar-refractivity contribution in [3.8, 4) is 22.3 Å². The van der Waals surface area contributed by atoms with Gasteiger partial charge in [0.05, 0.1) is 5.69 Å². The molecule has 1 heterocycles. The van der Waals surface area contributed by atoms with Crippen LogP contribution in [0.2, 0.25) is 0 Å². The van der Waals surface area contributed by atoms with Gasteiger partial charge < -0.3 is 9.80 Å². The highest BCUT2D eigenvalue weighted by atomic mass is 15.2. The lowest BCUT2D eigenvalue weighted by Crippen LogP contribution is -2.41. The third-order valence-corrected chi connectivity index (χ3v) is 16.6. The molecule has 0 saturated heterocycles. The van der Waals surface area contributed by atoms with E-state index in [1.165, 1.54) is 111 Å². The summed E-state index contributed by atoms with van der Waals surface area (Å²) in [5, 5.41) is 0. The molecular weight excluding hydrogens is 811 g/mol. The molecule has 0 N–H and O–H groups in total. The molecule has 0 aliphatic heterocycles. The van der Waals surface area contributed by atoms with E-state index in [9.17, 15) is 0 Å². The zero-order valence-electron chi connectivity index (χ0n) is 39.4. The number of anilines is 6. The van der Waals surface area contributed by atoms with Crippen molar-refractivity contribution in [1.82, 2.24) is 0 Å². The topological polar surface area (TPSA) is 10.4 Å². The van der Waals surface area contributed by atoms with Crippen LogP contribution < -0.4 is 14.4 Å². The van der Waals surface area contributed by atoms with Crippen molar-refractivity contribution in [2.75, 3.05) is 9.80 Å². The number of aromatic nitrogens is 1. The van der Waals surface area contributed by atoms with Crippen molar-refractivity contribution < 1.29 is 4.57 Å². The zero-order chi connectivity index (χ0) is 45.1. The molecule has 0 radical (unpaired) electrons. The van der Waals surface area contributed by atoms with Crippen LogP contribution in [0.1, 0.15) is 100 Å².